The third-order valence-corrected chi connectivity index (χ3v) is 7.49. The molecule has 0 spiro atoms. The van der Waals surface area contributed by atoms with Gasteiger partial charge in [0.15, 0.2) is 0 Å². The molecule has 1 aliphatic heterocycles. The van der Waals surface area contributed by atoms with Crippen LogP contribution < -0.4 is 4.74 Å². The fourth-order valence-corrected chi connectivity index (χ4v) is 5.51. The number of halogens is 1. The predicted molar refractivity (Wildman–Crippen MR) is 145 cm³/mol. The molecular weight excluding hydrogens is 524 g/mol. The molecule has 0 fully saturated rings. The molecular formula is C28H31ClN4O6. The second kappa shape index (κ2) is 11.9. The van der Waals surface area contributed by atoms with Crippen LogP contribution in [0, 0.1) is 5.92 Å². The van der Waals surface area contributed by atoms with E-state index in [0.29, 0.717) is 31.0 Å². The summed E-state index contributed by atoms with van der Waals surface area (Å²) in [4.78, 5) is 27.5. The van der Waals surface area contributed by atoms with Gasteiger partial charge in [0.25, 0.3) is 0 Å². The molecule has 1 aliphatic rings. The third-order valence-electron chi connectivity index (χ3n) is 7.16. The van der Waals surface area contributed by atoms with Gasteiger partial charge in [0, 0.05) is 23.7 Å². The minimum Gasteiger partial charge on any atom is -0.497 e. The number of benzene rings is 2. The first-order valence-electron chi connectivity index (χ1n) is 12.6. The zero-order valence-corrected chi connectivity index (χ0v) is 22.8. The normalized spacial score (nSPS) is 19.3. The minimum absolute atomic E-state index is 0.0816. The van der Waals surface area contributed by atoms with Crippen LogP contribution in [-0.4, -0.2) is 75.5 Å². The van der Waals surface area contributed by atoms with Crippen LogP contribution in [0.5, 0.6) is 5.75 Å². The molecule has 2 aromatic carbocycles. The van der Waals surface area contributed by atoms with E-state index >= 15 is 0 Å². The van der Waals surface area contributed by atoms with Crippen molar-refractivity contribution in [2.75, 3.05) is 33.4 Å². The molecule has 2 unspecified atom stereocenters. The Labute approximate surface area is 231 Å². The average Bonchev–Trinajstić information content (AvgIpc) is 3.40. The van der Waals surface area contributed by atoms with Crippen LogP contribution in [0.3, 0.4) is 0 Å². The smallest absolute Gasteiger partial charge is 0.334 e. The van der Waals surface area contributed by atoms with Crippen molar-refractivity contribution in [3.63, 3.8) is 0 Å². The summed E-state index contributed by atoms with van der Waals surface area (Å²) in [6.45, 7) is 4.96. The maximum atomic E-state index is 12.9. The molecule has 2 atom stereocenters. The quantitative estimate of drug-likeness (QED) is 0.338. The maximum absolute atomic E-state index is 12.9. The van der Waals surface area contributed by atoms with E-state index < -0.39 is 23.3 Å². The Morgan fingerprint density at radius 3 is 2.49 bits per heavy atom. The van der Waals surface area contributed by atoms with Gasteiger partial charge in [0.2, 0.25) is 0 Å². The lowest BCUT2D eigenvalue weighted by atomic mass is 9.63. The van der Waals surface area contributed by atoms with E-state index in [1.165, 1.54) is 0 Å². The number of methoxy groups -OCH3 is 1. The van der Waals surface area contributed by atoms with Crippen molar-refractivity contribution in [1.82, 2.24) is 19.9 Å². The Balaban J connectivity index is 1.58. The van der Waals surface area contributed by atoms with E-state index in [0.717, 1.165) is 11.3 Å². The number of ether oxygens (including phenoxy) is 2. The Kier molecular flexibility index (Phi) is 8.57. The molecule has 3 aromatic rings. The summed E-state index contributed by atoms with van der Waals surface area (Å²) in [5.41, 5.74) is 0.0880. The van der Waals surface area contributed by atoms with Crippen molar-refractivity contribution < 1.29 is 29.3 Å². The summed E-state index contributed by atoms with van der Waals surface area (Å²) < 4.78 is 12.7. The number of aromatic nitrogens is 3. The van der Waals surface area contributed by atoms with Crippen LogP contribution in [0.4, 0.5) is 0 Å². The van der Waals surface area contributed by atoms with Gasteiger partial charge in [-0.25, -0.2) is 9.48 Å². The molecule has 0 radical (unpaired) electrons. The van der Waals surface area contributed by atoms with Crippen LogP contribution in [-0.2, 0) is 26.3 Å². The van der Waals surface area contributed by atoms with Gasteiger partial charge in [-0.15, -0.1) is 5.10 Å². The van der Waals surface area contributed by atoms with E-state index in [4.69, 9.17) is 21.1 Å². The first-order chi connectivity index (χ1) is 18.7. The number of likely N-dealkylation sites (N-methyl/N-ethyl adjacent to an activating group) is 1. The van der Waals surface area contributed by atoms with Crippen molar-refractivity contribution in [2.45, 2.75) is 25.8 Å². The number of rotatable bonds is 11. The first-order valence-corrected chi connectivity index (χ1v) is 12.9. The van der Waals surface area contributed by atoms with Gasteiger partial charge in [-0.05, 0) is 48.7 Å². The van der Waals surface area contributed by atoms with E-state index in [9.17, 15) is 19.8 Å². The fourth-order valence-electron chi connectivity index (χ4n) is 5.23. The Hall–Kier alpha value is -3.89. The number of carboxylic acids is 2. The van der Waals surface area contributed by atoms with E-state index in [1.807, 2.05) is 36.1 Å². The standard InChI is InChI=1S/C28H31ClN4O6/c1-4-32-15-18(2)28(27(36)37,21-7-5-6-8-22(21)29)25(26(34)35)24(32)17-39-14-13-33-16-23(30-31-33)19-9-11-20(38-3)12-10-19/h5-12,16,18H,4,13-15,17H2,1-3H3,(H,34,35)(H,36,37). The lowest BCUT2D eigenvalue weighted by Gasteiger charge is -2.46. The molecule has 0 saturated heterocycles. The van der Waals surface area contributed by atoms with Crippen LogP contribution in [0.2, 0.25) is 5.02 Å². The highest BCUT2D eigenvalue weighted by Crippen LogP contribution is 2.48. The number of hydrogen-bond donors (Lipinski definition) is 2. The Morgan fingerprint density at radius 1 is 1.15 bits per heavy atom. The molecule has 0 amide bonds. The molecule has 10 nitrogen and oxygen atoms in total. The number of carboxylic acid groups (broad SMARTS) is 2. The zero-order chi connectivity index (χ0) is 28.2. The average molecular weight is 555 g/mol. The van der Waals surface area contributed by atoms with Crippen molar-refractivity contribution >= 4 is 23.5 Å². The molecule has 4 rings (SSSR count). The van der Waals surface area contributed by atoms with Gasteiger partial charge in [-0.3, -0.25) is 4.79 Å². The summed E-state index contributed by atoms with van der Waals surface area (Å²) in [6.07, 6.45) is 1.79. The largest absolute Gasteiger partial charge is 0.497 e. The van der Waals surface area contributed by atoms with E-state index in [-0.39, 0.29) is 29.4 Å². The van der Waals surface area contributed by atoms with Gasteiger partial charge in [0.1, 0.15) is 16.9 Å². The highest BCUT2D eigenvalue weighted by molar-refractivity contribution is 6.32. The lowest BCUT2D eigenvalue weighted by molar-refractivity contribution is -0.149. The molecule has 2 heterocycles. The highest BCUT2D eigenvalue weighted by atomic mass is 35.5. The summed E-state index contributed by atoms with van der Waals surface area (Å²) >= 11 is 6.45. The molecule has 39 heavy (non-hydrogen) atoms. The molecule has 0 aliphatic carbocycles. The number of aliphatic carboxylic acids is 2. The number of hydrogen-bond acceptors (Lipinski definition) is 7. The van der Waals surface area contributed by atoms with Gasteiger partial charge < -0.3 is 24.6 Å². The Bertz CT molecular complexity index is 1370. The van der Waals surface area contributed by atoms with E-state index in [1.54, 1.807) is 49.2 Å². The summed E-state index contributed by atoms with van der Waals surface area (Å²) in [6, 6.07) is 14.0. The van der Waals surface area contributed by atoms with Crippen molar-refractivity contribution in [3.8, 4) is 17.0 Å². The Morgan fingerprint density at radius 2 is 1.87 bits per heavy atom. The highest BCUT2D eigenvalue weighted by Gasteiger charge is 2.56. The molecule has 0 saturated carbocycles. The maximum Gasteiger partial charge on any atom is 0.334 e. The topological polar surface area (TPSA) is 127 Å². The summed E-state index contributed by atoms with van der Waals surface area (Å²) in [5, 5.41) is 29.5. The van der Waals surface area contributed by atoms with Gasteiger partial charge in [-0.1, -0.05) is 41.9 Å². The first kappa shape index (κ1) is 28.1. The fraction of sp³-hybridized carbons (Fsp3) is 0.357. The van der Waals surface area contributed by atoms with Crippen LogP contribution in [0.1, 0.15) is 19.4 Å². The third kappa shape index (κ3) is 5.35. The molecule has 2 N–H and O–H groups in total. The molecule has 206 valence electrons. The molecule has 0 bridgehead atoms. The van der Waals surface area contributed by atoms with Crippen molar-refractivity contribution in [2.24, 2.45) is 5.92 Å². The van der Waals surface area contributed by atoms with E-state index in [2.05, 4.69) is 10.3 Å². The monoisotopic (exact) mass is 554 g/mol. The van der Waals surface area contributed by atoms with Crippen molar-refractivity contribution in [1.29, 1.82) is 0 Å². The van der Waals surface area contributed by atoms with Gasteiger partial charge in [0.05, 0.1) is 44.3 Å². The minimum atomic E-state index is -1.84. The van der Waals surface area contributed by atoms with Crippen LogP contribution in [0.25, 0.3) is 11.3 Å². The van der Waals surface area contributed by atoms with Crippen LogP contribution >= 0.6 is 11.6 Å². The SMILES string of the molecule is CCN1CC(C)C(C(=O)O)(c2ccccc2Cl)C(C(=O)O)=C1COCCn1cc(-c2ccc(OC)cc2)nn1. The van der Waals surface area contributed by atoms with Crippen molar-refractivity contribution in [3.05, 3.63) is 76.6 Å². The van der Waals surface area contributed by atoms with Gasteiger partial charge in [-0.2, -0.15) is 0 Å². The second-order valence-corrected chi connectivity index (χ2v) is 9.71. The second-order valence-electron chi connectivity index (χ2n) is 9.31. The summed E-state index contributed by atoms with van der Waals surface area (Å²) in [5.74, 6) is -2.41. The molecule has 11 heteroatoms. The lowest BCUT2D eigenvalue weighted by Crippen LogP contribution is -2.55. The zero-order valence-electron chi connectivity index (χ0n) is 22.0. The van der Waals surface area contributed by atoms with Crippen LogP contribution in [0.15, 0.2) is 66.0 Å². The number of nitrogens with zero attached hydrogens (tertiary/aromatic N) is 4. The predicted octanol–water partition coefficient (Wildman–Crippen LogP) is 3.96. The molecule has 1 aromatic heterocycles. The van der Waals surface area contributed by atoms with Gasteiger partial charge >= 0.3 is 11.9 Å². The summed E-state index contributed by atoms with van der Waals surface area (Å²) in [7, 11) is 1.60. The number of carbonyl (C=O) groups is 2.